The van der Waals surface area contributed by atoms with Crippen LogP contribution in [-0.2, 0) is 32.6 Å². The van der Waals surface area contributed by atoms with Gasteiger partial charge in [0, 0.05) is 20.0 Å². The Bertz CT molecular complexity index is 1640. The zero-order valence-electron chi connectivity index (χ0n) is 24.4. The van der Waals surface area contributed by atoms with Crippen LogP contribution in [0.1, 0.15) is 27.8 Å². The van der Waals surface area contributed by atoms with E-state index >= 15 is 0 Å². The topological polar surface area (TPSA) is 86.8 Å². The van der Waals surface area contributed by atoms with Crippen molar-refractivity contribution in [3.8, 4) is 0 Å². The van der Waals surface area contributed by atoms with Crippen LogP contribution in [0.2, 0.25) is 0 Å². The number of para-hydroxylation sites is 1. The summed E-state index contributed by atoms with van der Waals surface area (Å²) in [6.45, 7) is 5.31. The van der Waals surface area contributed by atoms with E-state index in [1.807, 2.05) is 87.5 Å². The van der Waals surface area contributed by atoms with Gasteiger partial charge in [0.15, 0.2) is 0 Å². The number of carbonyl (C=O) groups is 2. The Hall–Kier alpha value is -4.43. The molecular formula is C34H37N3O4S. The Morgan fingerprint density at radius 3 is 1.98 bits per heavy atom. The molecule has 0 aliphatic rings. The molecule has 42 heavy (non-hydrogen) atoms. The predicted molar refractivity (Wildman–Crippen MR) is 167 cm³/mol. The number of sulfonamides is 1. The van der Waals surface area contributed by atoms with Crippen molar-refractivity contribution in [3.63, 3.8) is 0 Å². The molecule has 0 saturated carbocycles. The third-order valence-electron chi connectivity index (χ3n) is 7.39. The highest BCUT2D eigenvalue weighted by Gasteiger charge is 2.34. The maximum absolute atomic E-state index is 14.4. The minimum absolute atomic E-state index is 0.0849. The molecule has 2 amide bonds. The molecule has 0 spiro atoms. The van der Waals surface area contributed by atoms with Gasteiger partial charge in [-0.15, -0.1) is 0 Å². The lowest BCUT2D eigenvalue weighted by molar-refractivity contribution is -0.139. The van der Waals surface area contributed by atoms with Gasteiger partial charge in [-0.25, -0.2) is 8.42 Å². The summed E-state index contributed by atoms with van der Waals surface area (Å²) in [7, 11) is -2.59. The average Bonchev–Trinajstić information content (AvgIpc) is 2.99. The van der Waals surface area contributed by atoms with Crippen molar-refractivity contribution in [1.82, 2.24) is 10.2 Å². The van der Waals surface area contributed by atoms with Gasteiger partial charge in [-0.1, -0.05) is 90.5 Å². The first kappa shape index (κ1) is 30.5. The van der Waals surface area contributed by atoms with Crippen LogP contribution in [0.25, 0.3) is 0 Å². The first-order chi connectivity index (χ1) is 20.1. The van der Waals surface area contributed by atoms with Gasteiger partial charge < -0.3 is 10.2 Å². The van der Waals surface area contributed by atoms with Crippen molar-refractivity contribution in [3.05, 3.63) is 131 Å². The van der Waals surface area contributed by atoms with Gasteiger partial charge in [-0.2, -0.15) is 0 Å². The second-order valence-corrected chi connectivity index (χ2v) is 12.2. The van der Waals surface area contributed by atoms with Gasteiger partial charge in [-0.05, 0) is 61.2 Å². The molecule has 1 N–H and O–H groups in total. The number of rotatable bonds is 11. The Balaban J connectivity index is 1.80. The van der Waals surface area contributed by atoms with E-state index in [2.05, 4.69) is 5.32 Å². The highest BCUT2D eigenvalue weighted by molar-refractivity contribution is 7.92. The van der Waals surface area contributed by atoms with E-state index in [9.17, 15) is 18.0 Å². The number of nitrogens with one attached hydrogen (secondary N) is 1. The van der Waals surface area contributed by atoms with Crippen LogP contribution >= 0.6 is 0 Å². The van der Waals surface area contributed by atoms with Gasteiger partial charge in [0.1, 0.15) is 12.6 Å². The van der Waals surface area contributed by atoms with Gasteiger partial charge in [0.2, 0.25) is 11.8 Å². The average molecular weight is 584 g/mol. The maximum Gasteiger partial charge on any atom is 0.264 e. The highest BCUT2D eigenvalue weighted by atomic mass is 32.2. The molecule has 4 rings (SSSR count). The lowest BCUT2D eigenvalue weighted by atomic mass is 10.0. The first-order valence-corrected chi connectivity index (χ1v) is 15.3. The van der Waals surface area contributed by atoms with E-state index in [-0.39, 0.29) is 23.8 Å². The molecule has 0 unspecified atom stereocenters. The molecule has 1 atom stereocenters. The number of likely N-dealkylation sites (N-methyl/N-ethyl adjacent to an activating group) is 1. The molecule has 0 radical (unpaired) electrons. The van der Waals surface area contributed by atoms with E-state index in [0.29, 0.717) is 11.3 Å². The Kier molecular flexibility index (Phi) is 9.80. The molecule has 218 valence electrons. The maximum atomic E-state index is 14.4. The summed E-state index contributed by atoms with van der Waals surface area (Å²) >= 11 is 0. The predicted octanol–water partition coefficient (Wildman–Crippen LogP) is 5.19. The van der Waals surface area contributed by atoms with E-state index in [4.69, 9.17) is 0 Å². The molecule has 0 fully saturated rings. The van der Waals surface area contributed by atoms with E-state index in [1.54, 1.807) is 36.4 Å². The van der Waals surface area contributed by atoms with Crippen molar-refractivity contribution in [1.29, 1.82) is 0 Å². The first-order valence-electron chi connectivity index (χ1n) is 13.9. The molecule has 4 aromatic rings. The molecule has 0 saturated heterocycles. The van der Waals surface area contributed by atoms with Crippen LogP contribution in [0.5, 0.6) is 0 Å². The van der Waals surface area contributed by atoms with Crippen LogP contribution in [0.15, 0.2) is 108 Å². The van der Waals surface area contributed by atoms with Crippen molar-refractivity contribution in [2.45, 2.75) is 44.7 Å². The molecule has 0 heterocycles. The Morgan fingerprint density at radius 1 is 0.762 bits per heavy atom. The number of carbonyl (C=O) groups excluding carboxylic acids is 2. The summed E-state index contributed by atoms with van der Waals surface area (Å²) in [5.74, 6) is -0.814. The highest BCUT2D eigenvalue weighted by Crippen LogP contribution is 2.28. The summed E-state index contributed by atoms with van der Waals surface area (Å²) in [5, 5.41) is 2.71. The number of amides is 2. The summed E-state index contributed by atoms with van der Waals surface area (Å²) in [5.41, 5.74) is 4.76. The molecule has 8 heteroatoms. The molecule has 0 bridgehead atoms. The third kappa shape index (κ3) is 7.06. The van der Waals surface area contributed by atoms with Gasteiger partial charge >= 0.3 is 0 Å². The fourth-order valence-corrected chi connectivity index (χ4v) is 6.36. The van der Waals surface area contributed by atoms with E-state index in [0.717, 1.165) is 26.6 Å². The van der Waals surface area contributed by atoms with Crippen molar-refractivity contribution >= 4 is 27.5 Å². The summed E-state index contributed by atoms with van der Waals surface area (Å²) in [6.07, 6.45) is 0.271. The number of nitrogens with zero attached hydrogens (tertiary/aromatic N) is 2. The van der Waals surface area contributed by atoms with Crippen LogP contribution in [-0.4, -0.2) is 44.8 Å². The lowest BCUT2D eigenvalue weighted by Crippen LogP contribution is -2.53. The number of hydrogen-bond acceptors (Lipinski definition) is 4. The fourth-order valence-electron chi connectivity index (χ4n) is 4.89. The third-order valence-corrected chi connectivity index (χ3v) is 9.17. The quantitative estimate of drug-likeness (QED) is 0.263. The van der Waals surface area contributed by atoms with Crippen molar-refractivity contribution in [2.75, 3.05) is 17.9 Å². The SMILES string of the molecule is CNC(=O)[C@H](Cc1ccccc1)N(Cc1ccccc1C)C(=O)CN(c1ccccc1C)S(=O)(=O)c1ccc(C)cc1. The largest absolute Gasteiger partial charge is 0.357 e. The van der Waals surface area contributed by atoms with Crippen LogP contribution in [0, 0.1) is 20.8 Å². The smallest absolute Gasteiger partial charge is 0.264 e. The second kappa shape index (κ2) is 13.5. The normalized spacial score (nSPS) is 11.9. The molecule has 0 aromatic heterocycles. The molecule has 0 aliphatic heterocycles. The molecule has 0 aliphatic carbocycles. The minimum Gasteiger partial charge on any atom is -0.357 e. The van der Waals surface area contributed by atoms with Crippen LogP contribution in [0.4, 0.5) is 5.69 Å². The van der Waals surface area contributed by atoms with Crippen molar-refractivity contribution in [2.24, 2.45) is 0 Å². The molecular weight excluding hydrogens is 546 g/mol. The molecule has 4 aromatic carbocycles. The minimum atomic E-state index is -4.13. The monoisotopic (exact) mass is 583 g/mol. The standard InChI is InChI=1S/C34H37N3O4S/c1-25-18-20-30(21-19-25)42(40,41)37(31-17-11-9-13-27(31)3)24-33(38)36(23-29-16-10-8-12-26(29)2)32(34(39)35-4)22-28-14-6-5-7-15-28/h5-21,32H,22-24H2,1-4H3,(H,35,39)/t32-/m0/s1. The number of aryl methyl sites for hydroxylation is 3. The van der Waals surface area contributed by atoms with Gasteiger partial charge in [0.25, 0.3) is 10.0 Å². The van der Waals surface area contributed by atoms with Gasteiger partial charge in [-0.3, -0.25) is 13.9 Å². The van der Waals surface area contributed by atoms with Gasteiger partial charge in [0.05, 0.1) is 10.6 Å². The van der Waals surface area contributed by atoms with Crippen LogP contribution in [0.3, 0.4) is 0 Å². The second-order valence-electron chi connectivity index (χ2n) is 10.4. The zero-order chi connectivity index (χ0) is 30.3. The van der Waals surface area contributed by atoms with Crippen molar-refractivity contribution < 1.29 is 18.0 Å². The van der Waals surface area contributed by atoms with Crippen LogP contribution < -0.4 is 9.62 Å². The number of hydrogen-bond donors (Lipinski definition) is 1. The number of anilines is 1. The fraction of sp³-hybridized carbons (Fsp3) is 0.235. The Morgan fingerprint density at radius 2 is 1.36 bits per heavy atom. The lowest BCUT2D eigenvalue weighted by Gasteiger charge is -2.34. The van der Waals surface area contributed by atoms with E-state index < -0.39 is 28.5 Å². The summed E-state index contributed by atoms with van der Waals surface area (Å²) in [6, 6.07) is 29.9. The summed E-state index contributed by atoms with van der Waals surface area (Å²) in [4.78, 5) is 29.3. The Labute approximate surface area is 248 Å². The summed E-state index contributed by atoms with van der Waals surface area (Å²) < 4.78 is 29.3. The number of benzene rings is 4. The zero-order valence-corrected chi connectivity index (χ0v) is 25.3. The van der Waals surface area contributed by atoms with E-state index in [1.165, 1.54) is 11.9 Å². The molecule has 7 nitrogen and oxygen atoms in total.